The van der Waals surface area contributed by atoms with Gasteiger partial charge in [0, 0.05) is 13.1 Å². The van der Waals surface area contributed by atoms with E-state index in [-0.39, 0.29) is 24.8 Å². The average Bonchev–Trinajstić information content (AvgIpc) is 3.33. The van der Waals surface area contributed by atoms with E-state index in [9.17, 15) is 9.59 Å². The van der Waals surface area contributed by atoms with Crippen molar-refractivity contribution in [2.45, 2.75) is 25.3 Å². The molecule has 1 saturated heterocycles. The molecule has 1 N–H and O–H groups in total. The molecule has 25 heavy (non-hydrogen) atoms. The van der Waals surface area contributed by atoms with Gasteiger partial charge in [-0.2, -0.15) is 0 Å². The number of carbonyl (C=O) groups excluding carboxylic acids is 2. The minimum atomic E-state index is -0.612. The fraction of sp³-hybridized carbons (Fsp3) is 0.500. The van der Waals surface area contributed by atoms with Crippen molar-refractivity contribution in [1.82, 2.24) is 15.2 Å². The molecular formula is C18H21N3O4. The van der Waals surface area contributed by atoms with E-state index in [1.165, 1.54) is 12.8 Å². The molecule has 7 nitrogen and oxygen atoms in total. The molecular weight excluding hydrogens is 322 g/mol. The molecule has 7 heteroatoms. The number of oxazole rings is 1. The molecule has 0 spiro atoms. The number of aromatic nitrogens is 1. The van der Waals surface area contributed by atoms with Crippen LogP contribution >= 0.6 is 0 Å². The lowest BCUT2D eigenvalue weighted by atomic mass is 10.1. The molecule has 0 bridgehead atoms. The van der Waals surface area contributed by atoms with Crippen molar-refractivity contribution < 1.29 is 18.7 Å². The summed E-state index contributed by atoms with van der Waals surface area (Å²) < 4.78 is 11.2. The predicted octanol–water partition coefficient (Wildman–Crippen LogP) is 1.12. The summed E-state index contributed by atoms with van der Waals surface area (Å²) in [4.78, 5) is 30.8. The van der Waals surface area contributed by atoms with Crippen LogP contribution in [0.1, 0.15) is 18.7 Å². The molecule has 2 amide bonds. The Labute approximate surface area is 145 Å². The van der Waals surface area contributed by atoms with Gasteiger partial charge in [-0.25, -0.2) is 4.98 Å². The Kier molecular flexibility index (Phi) is 4.40. The smallest absolute Gasteiger partial charge is 0.249 e. The number of carbonyl (C=O) groups is 2. The van der Waals surface area contributed by atoms with Gasteiger partial charge in [-0.05, 0) is 30.9 Å². The number of hydrogen-bond acceptors (Lipinski definition) is 5. The van der Waals surface area contributed by atoms with Crippen LogP contribution < -0.4 is 5.32 Å². The zero-order valence-electron chi connectivity index (χ0n) is 13.9. The Morgan fingerprint density at radius 2 is 2.20 bits per heavy atom. The third-order valence-corrected chi connectivity index (χ3v) is 4.63. The van der Waals surface area contributed by atoms with Crippen molar-refractivity contribution in [2.24, 2.45) is 5.92 Å². The van der Waals surface area contributed by atoms with Crippen molar-refractivity contribution in [3.8, 4) is 0 Å². The van der Waals surface area contributed by atoms with Crippen molar-refractivity contribution in [1.29, 1.82) is 0 Å². The van der Waals surface area contributed by atoms with Crippen molar-refractivity contribution in [3.05, 3.63) is 30.2 Å². The fourth-order valence-corrected chi connectivity index (χ4v) is 3.07. The van der Waals surface area contributed by atoms with Crippen LogP contribution in [0.3, 0.4) is 0 Å². The standard InChI is InChI=1S/C18H21N3O4/c22-17(11-24-10-12-5-6-12)21-8-7-19-18(23)14(21)9-16-20-13-3-1-2-4-15(13)25-16/h1-4,12,14H,5-11H2,(H,19,23). The van der Waals surface area contributed by atoms with Crippen LogP contribution in [0.5, 0.6) is 0 Å². The molecule has 2 heterocycles. The van der Waals surface area contributed by atoms with E-state index in [1.807, 2.05) is 24.3 Å². The summed E-state index contributed by atoms with van der Waals surface area (Å²) in [7, 11) is 0. The van der Waals surface area contributed by atoms with E-state index in [1.54, 1.807) is 4.90 Å². The minimum absolute atomic E-state index is 0.0217. The van der Waals surface area contributed by atoms with E-state index in [4.69, 9.17) is 9.15 Å². The lowest BCUT2D eigenvalue weighted by Gasteiger charge is -2.34. The Hall–Kier alpha value is -2.41. The van der Waals surface area contributed by atoms with E-state index in [0.29, 0.717) is 37.1 Å². The monoisotopic (exact) mass is 343 g/mol. The Morgan fingerprint density at radius 3 is 3.00 bits per heavy atom. The van der Waals surface area contributed by atoms with Gasteiger partial charge in [-0.1, -0.05) is 12.1 Å². The van der Waals surface area contributed by atoms with E-state index in [0.717, 1.165) is 5.52 Å². The van der Waals surface area contributed by atoms with Crippen molar-refractivity contribution >= 4 is 22.9 Å². The Balaban J connectivity index is 1.45. The summed E-state index contributed by atoms with van der Waals surface area (Å²) in [6.07, 6.45) is 2.62. The van der Waals surface area contributed by atoms with Crippen LogP contribution in [0.4, 0.5) is 0 Å². The number of hydrogen-bond donors (Lipinski definition) is 1. The molecule has 2 fully saturated rings. The third-order valence-electron chi connectivity index (χ3n) is 4.63. The molecule has 4 rings (SSSR count). The number of fused-ring (bicyclic) bond motifs is 1. The normalized spacial score (nSPS) is 20.7. The molecule has 1 atom stereocenters. The summed E-state index contributed by atoms with van der Waals surface area (Å²) in [6, 6.07) is 6.84. The lowest BCUT2D eigenvalue weighted by Crippen LogP contribution is -2.58. The molecule has 1 saturated carbocycles. The summed E-state index contributed by atoms with van der Waals surface area (Å²) >= 11 is 0. The first-order valence-electron chi connectivity index (χ1n) is 8.70. The van der Waals surface area contributed by atoms with Gasteiger partial charge in [0.15, 0.2) is 11.5 Å². The number of rotatable bonds is 6. The van der Waals surface area contributed by atoms with E-state index >= 15 is 0 Å². The van der Waals surface area contributed by atoms with Crippen LogP contribution in [0, 0.1) is 5.92 Å². The maximum Gasteiger partial charge on any atom is 0.249 e. The highest BCUT2D eigenvalue weighted by Gasteiger charge is 2.34. The number of piperazine rings is 1. The van der Waals surface area contributed by atoms with Gasteiger partial charge >= 0.3 is 0 Å². The molecule has 1 aliphatic heterocycles. The zero-order valence-corrected chi connectivity index (χ0v) is 13.9. The van der Waals surface area contributed by atoms with Crippen LogP contribution in [-0.2, 0) is 20.7 Å². The second kappa shape index (κ2) is 6.84. The van der Waals surface area contributed by atoms with Gasteiger partial charge in [0.2, 0.25) is 11.8 Å². The maximum atomic E-state index is 12.5. The van der Waals surface area contributed by atoms with Crippen molar-refractivity contribution in [3.63, 3.8) is 0 Å². The topological polar surface area (TPSA) is 84.7 Å². The van der Waals surface area contributed by atoms with Crippen LogP contribution in [0.2, 0.25) is 0 Å². The summed E-state index contributed by atoms with van der Waals surface area (Å²) in [5.74, 6) is 0.730. The number of para-hydroxylation sites is 2. The summed E-state index contributed by atoms with van der Waals surface area (Å²) in [6.45, 7) is 1.58. The SMILES string of the molecule is O=C1NCCN(C(=O)COCC2CC2)C1Cc1nc2ccccc2o1. The van der Waals surface area contributed by atoms with Gasteiger partial charge in [0.1, 0.15) is 18.2 Å². The average molecular weight is 343 g/mol. The molecule has 0 radical (unpaired) electrons. The zero-order chi connectivity index (χ0) is 17.2. The van der Waals surface area contributed by atoms with Crippen LogP contribution in [0.25, 0.3) is 11.1 Å². The summed E-state index contributed by atoms with van der Waals surface area (Å²) in [5.41, 5.74) is 1.43. The first-order valence-corrected chi connectivity index (χ1v) is 8.70. The molecule has 1 aromatic carbocycles. The molecule has 2 aliphatic rings. The van der Waals surface area contributed by atoms with Crippen molar-refractivity contribution in [2.75, 3.05) is 26.3 Å². The number of amides is 2. The number of ether oxygens (including phenoxy) is 1. The van der Waals surface area contributed by atoms with Gasteiger partial charge in [0.25, 0.3) is 0 Å². The van der Waals surface area contributed by atoms with Gasteiger partial charge in [0.05, 0.1) is 13.0 Å². The first-order chi connectivity index (χ1) is 12.2. The predicted molar refractivity (Wildman–Crippen MR) is 89.8 cm³/mol. The molecule has 1 aliphatic carbocycles. The van der Waals surface area contributed by atoms with Gasteiger partial charge in [-0.3, -0.25) is 9.59 Å². The molecule has 1 aromatic heterocycles. The Bertz CT molecular complexity index is 750. The third kappa shape index (κ3) is 3.66. The second-order valence-electron chi connectivity index (χ2n) is 6.63. The number of benzene rings is 1. The minimum Gasteiger partial charge on any atom is -0.441 e. The maximum absolute atomic E-state index is 12.5. The van der Waals surface area contributed by atoms with Crippen LogP contribution in [-0.4, -0.2) is 54.0 Å². The fourth-order valence-electron chi connectivity index (χ4n) is 3.07. The number of nitrogens with one attached hydrogen (secondary N) is 1. The largest absolute Gasteiger partial charge is 0.441 e. The molecule has 2 aromatic rings. The number of nitrogens with zero attached hydrogens (tertiary/aromatic N) is 2. The summed E-state index contributed by atoms with van der Waals surface area (Å²) in [5, 5.41) is 2.81. The quantitative estimate of drug-likeness (QED) is 0.850. The molecule has 132 valence electrons. The van der Waals surface area contributed by atoms with E-state index < -0.39 is 6.04 Å². The van der Waals surface area contributed by atoms with Gasteiger partial charge in [-0.15, -0.1) is 0 Å². The van der Waals surface area contributed by atoms with E-state index in [2.05, 4.69) is 10.3 Å². The highest BCUT2D eigenvalue weighted by atomic mass is 16.5. The Morgan fingerprint density at radius 1 is 1.36 bits per heavy atom. The van der Waals surface area contributed by atoms with Gasteiger partial charge < -0.3 is 19.4 Å². The first kappa shape index (κ1) is 16.1. The lowest BCUT2D eigenvalue weighted by molar-refractivity contribution is -0.146. The highest BCUT2D eigenvalue weighted by molar-refractivity contribution is 5.89. The highest BCUT2D eigenvalue weighted by Crippen LogP contribution is 2.28. The van der Waals surface area contributed by atoms with Crippen LogP contribution in [0.15, 0.2) is 28.7 Å². The molecule has 1 unspecified atom stereocenters. The second-order valence-corrected chi connectivity index (χ2v) is 6.63.